The number of carbonyl (C=O) groups is 1. The Bertz CT molecular complexity index is 1390. The number of aryl methyl sites for hydroxylation is 2. The third kappa shape index (κ3) is 3.29. The van der Waals surface area contributed by atoms with Gasteiger partial charge in [-0.05, 0) is 12.1 Å². The van der Waals surface area contributed by atoms with Crippen LogP contribution in [0.4, 0.5) is 0 Å². The van der Waals surface area contributed by atoms with Crippen LogP contribution in [0.25, 0.3) is 11.2 Å². The summed E-state index contributed by atoms with van der Waals surface area (Å²) in [5, 5.41) is 3.08. The topological polar surface area (TPSA) is 122 Å². The molecular formula is C22H19N5O4. The van der Waals surface area contributed by atoms with Gasteiger partial charge in [0.1, 0.15) is 22.8 Å². The second-order valence-corrected chi connectivity index (χ2v) is 7.38. The standard InChI is InChI=1S/C22H19N5O4/c1-27-20-19(21(29)26-22(27)30)23-16(24-20)10-11-17(28)25-18-12-6-2-4-8-14(12)31-15-9-5-3-7-13(15)18/h2-9,18H,10-11H2,1H3,(H,23,24)(H,25,28)(H,26,29,30). The third-order valence-corrected chi connectivity index (χ3v) is 5.38. The minimum Gasteiger partial charge on any atom is -0.457 e. The van der Waals surface area contributed by atoms with Gasteiger partial charge in [0.25, 0.3) is 5.56 Å². The Morgan fingerprint density at radius 3 is 2.39 bits per heavy atom. The van der Waals surface area contributed by atoms with Crippen molar-refractivity contribution in [2.24, 2.45) is 7.05 Å². The maximum atomic E-state index is 12.8. The van der Waals surface area contributed by atoms with Crippen molar-refractivity contribution in [1.29, 1.82) is 0 Å². The summed E-state index contributed by atoms with van der Waals surface area (Å²) >= 11 is 0. The molecule has 4 aromatic rings. The fourth-order valence-electron chi connectivity index (χ4n) is 3.80. The average Bonchev–Trinajstić information content (AvgIpc) is 3.21. The van der Waals surface area contributed by atoms with Crippen molar-refractivity contribution < 1.29 is 9.53 Å². The summed E-state index contributed by atoms with van der Waals surface area (Å²) in [6, 6.07) is 14.9. The quantitative estimate of drug-likeness (QED) is 0.468. The molecule has 5 rings (SSSR count). The monoisotopic (exact) mass is 417 g/mol. The van der Waals surface area contributed by atoms with E-state index >= 15 is 0 Å². The first kappa shape index (κ1) is 18.9. The van der Waals surface area contributed by atoms with Gasteiger partial charge >= 0.3 is 5.69 Å². The van der Waals surface area contributed by atoms with Gasteiger partial charge in [-0.2, -0.15) is 0 Å². The zero-order valence-electron chi connectivity index (χ0n) is 16.6. The summed E-state index contributed by atoms with van der Waals surface area (Å²) in [5.41, 5.74) is 1.18. The van der Waals surface area contributed by atoms with E-state index in [1.54, 1.807) is 0 Å². The lowest BCUT2D eigenvalue weighted by atomic mass is 9.94. The number of nitrogens with zero attached hydrogens (tertiary/aromatic N) is 2. The summed E-state index contributed by atoms with van der Waals surface area (Å²) in [4.78, 5) is 45.9. The lowest BCUT2D eigenvalue weighted by Crippen LogP contribution is -2.31. The number of nitrogens with one attached hydrogen (secondary N) is 3. The highest BCUT2D eigenvalue weighted by Gasteiger charge is 2.28. The van der Waals surface area contributed by atoms with Crippen LogP contribution >= 0.6 is 0 Å². The molecule has 1 amide bonds. The number of benzene rings is 2. The molecule has 0 unspecified atom stereocenters. The van der Waals surface area contributed by atoms with Crippen molar-refractivity contribution in [1.82, 2.24) is 24.8 Å². The van der Waals surface area contributed by atoms with Crippen LogP contribution in [-0.2, 0) is 18.3 Å². The highest BCUT2D eigenvalue weighted by Crippen LogP contribution is 2.42. The van der Waals surface area contributed by atoms with Gasteiger partial charge in [-0.25, -0.2) is 9.78 Å². The number of para-hydroxylation sites is 2. The Morgan fingerprint density at radius 1 is 1.06 bits per heavy atom. The van der Waals surface area contributed by atoms with E-state index in [-0.39, 0.29) is 29.5 Å². The first-order valence-corrected chi connectivity index (χ1v) is 9.84. The number of H-pyrrole nitrogens is 2. The smallest absolute Gasteiger partial charge is 0.329 e. The molecule has 0 fully saturated rings. The fourth-order valence-corrected chi connectivity index (χ4v) is 3.80. The van der Waals surface area contributed by atoms with Gasteiger partial charge < -0.3 is 15.0 Å². The van der Waals surface area contributed by atoms with E-state index in [0.29, 0.717) is 23.7 Å². The average molecular weight is 417 g/mol. The fraction of sp³-hybridized carbons (Fsp3) is 0.182. The number of fused-ring (bicyclic) bond motifs is 3. The van der Waals surface area contributed by atoms with Crippen molar-refractivity contribution in [3.05, 3.63) is 86.3 Å². The maximum absolute atomic E-state index is 12.8. The number of rotatable bonds is 4. The van der Waals surface area contributed by atoms with Gasteiger partial charge in [0.05, 0.1) is 6.04 Å². The molecule has 0 bridgehead atoms. The number of imidazole rings is 1. The van der Waals surface area contributed by atoms with Gasteiger partial charge in [-0.15, -0.1) is 0 Å². The van der Waals surface area contributed by atoms with Crippen LogP contribution in [0.1, 0.15) is 29.4 Å². The number of carbonyl (C=O) groups excluding carboxylic acids is 1. The van der Waals surface area contributed by atoms with Crippen LogP contribution in [0, 0.1) is 0 Å². The number of hydrogen-bond acceptors (Lipinski definition) is 5. The number of hydrogen-bond donors (Lipinski definition) is 3. The lowest BCUT2D eigenvalue weighted by molar-refractivity contribution is -0.121. The Balaban J connectivity index is 1.37. The molecule has 31 heavy (non-hydrogen) atoms. The number of amides is 1. The predicted molar refractivity (Wildman–Crippen MR) is 113 cm³/mol. The van der Waals surface area contributed by atoms with E-state index in [2.05, 4.69) is 20.3 Å². The van der Waals surface area contributed by atoms with Gasteiger partial charge in [-0.3, -0.25) is 19.1 Å². The highest BCUT2D eigenvalue weighted by atomic mass is 16.5. The molecule has 0 atom stereocenters. The number of aromatic amines is 2. The first-order chi connectivity index (χ1) is 15.0. The molecule has 0 radical (unpaired) electrons. The van der Waals surface area contributed by atoms with Crippen LogP contribution < -0.4 is 21.3 Å². The van der Waals surface area contributed by atoms with Gasteiger partial charge in [0, 0.05) is 31.0 Å². The third-order valence-electron chi connectivity index (χ3n) is 5.38. The molecule has 1 aliphatic rings. The Hall–Kier alpha value is -4.14. The molecule has 9 nitrogen and oxygen atoms in total. The van der Waals surface area contributed by atoms with Crippen LogP contribution in [0.5, 0.6) is 11.5 Å². The van der Waals surface area contributed by atoms with Crippen molar-refractivity contribution in [2.75, 3.05) is 0 Å². The van der Waals surface area contributed by atoms with Crippen molar-refractivity contribution in [2.45, 2.75) is 18.9 Å². The minimum absolute atomic E-state index is 0.160. The van der Waals surface area contributed by atoms with Crippen molar-refractivity contribution in [3.8, 4) is 11.5 Å². The molecule has 9 heteroatoms. The van der Waals surface area contributed by atoms with Crippen LogP contribution in [-0.4, -0.2) is 25.4 Å². The minimum atomic E-state index is -0.537. The van der Waals surface area contributed by atoms with Crippen LogP contribution in [0.2, 0.25) is 0 Å². The van der Waals surface area contributed by atoms with Crippen LogP contribution in [0.15, 0.2) is 58.1 Å². The number of aromatic nitrogens is 4. The van der Waals surface area contributed by atoms with E-state index in [4.69, 9.17) is 4.74 Å². The van der Waals surface area contributed by atoms with E-state index in [1.165, 1.54) is 11.6 Å². The first-order valence-electron chi connectivity index (χ1n) is 9.84. The highest BCUT2D eigenvalue weighted by molar-refractivity contribution is 5.78. The van der Waals surface area contributed by atoms with E-state index < -0.39 is 11.2 Å². The summed E-state index contributed by atoms with van der Waals surface area (Å²) < 4.78 is 7.21. The molecule has 156 valence electrons. The molecule has 3 heterocycles. The summed E-state index contributed by atoms with van der Waals surface area (Å²) in [6.45, 7) is 0. The molecule has 2 aromatic carbocycles. The maximum Gasteiger partial charge on any atom is 0.329 e. The van der Waals surface area contributed by atoms with E-state index in [1.807, 2.05) is 48.5 Å². The van der Waals surface area contributed by atoms with Crippen molar-refractivity contribution in [3.63, 3.8) is 0 Å². The van der Waals surface area contributed by atoms with Gasteiger partial charge in [-0.1, -0.05) is 36.4 Å². The molecule has 0 saturated heterocycles. The van der Waals surface area contributed by atoms with Gasteiger partial charge in [0.2, 0.25) is 5.91 Å². The molecule has 2 aromatic heterocycles. The van der Waals surface area contributed by atoms with Crippen molar-refractivity contribution >= 4 is 17.1 Å². The lowest BCUT2D eigenvalue weighted by Gasteiger charge is -2.28. The van der Waals surface area contributed by atoms with E-state index in [0.717, 1.165) is 11.1 Å². The number of ether oxygens (including phenoxy) is 1. The van der Waals surface area contributed by atoms with Crippen LogP contribution in [0.3, 0.4) is 0 Å². The molecule has 0 saturated carbocycles. The molecule has 0 spiro atoms. The summed E-state index contributed by atoms with van der Waals surface area (Å²) in [5.74, 6) is 1.72. The summed E-state index contributed by atoms with van der Waals surface area (Å²) in [7, 11) is 1.53. The van der Waals surface area contributed by atoms with Gasteiger partial charge in [0.15, 0.2) is 5.65 Å². The Kier molecular flexibility index (Phi) is 4.43. The molecule has 0 aliphatic carbocycles. The SMILES string of the molecule is Cn1c(=O)[nH]c(=O)c2[nH]c(CCC(=O)NC3c4ccccc4Oc4ccccc43)nc21. The normalized spacial score (nSPS) is 12.8. The molecule has 3 N–H and O–H groups in total. The zero-order chi connectivity index (χ0) is 21.5. The molecule has 1 aliphatic heterocycles. The molecular weight excluding hydrogens is 398 g/mol. The van der Waals surface area contributed by atoms with E-state index in [9.17, 15) is 14.4 Å². The second-order valence-electron chi connectivity index (χ2n) is 7.38. The predicted octanol–water partition coefficient (Wildman–Crippen LogP) is 1.89. The largest absolute Gasteiger partial charge is 0.457 e. The zero-order valence-corrected chi connectivity index (χ0v) is 16.6. The Labute approximate surface area is 175 Å². The second kappa shape index (κ2) is 7.28. The Morgan fingerprint density at radius 2 is 1.71 bits per heavy atom. The summed E-state index contributed by atoms with van der Waals surface area (Å²) in [6.07, 6.45) is 0.452.